The van der Waals surface area contributed by atoms with Crippen molar-refractivity contribution < 1.29 is 19.1 Å². The molecule has 1 N–H and O–H groups in total. The number of amides is 2. The Morgan fingerprint density at radius 2 is 1.85 bits per heavy atom. The van der Waals surface area contributed by atoms with E-state index in [4.69, 9.17) is 9.47 Å². The second kappa shape index (κ2) is 8.46. The number of fused-ring (bicyclic) bond motifs is 4. The van der Waals surface area contributed by atoms with Gasteiger partial charge < -0.3 is 24.3 Å². The Morgan fingerprint density at radius 1 is 1.06 bits per heavy atom. The summed E-state index contributed by atoms with van der Waals surface area (Å²) in [5, 5.41) is 1.10. The Hall–Kier alpha value is -3.48. The van der Waals surface area contributed by atoms with Gasteiger partial charge in [0.15, 0.2) is 11.5 Å². The Kier molecular flexibility index (Phi) is 5.48. The van der Waals surface area contributed by atoms with Crippen molar-refractivity contribution in [3.63, 3.8) is 0 Å². The molecule has 3 heterocycles. The third-order valence-corrected chi connectivity index (χ3v) is 6.85. The molecular formula is C26H29N3O4. The number of piperazine rings is 1. The highest BCUT2D eigenvalue weighted by molar-refractivity contribution is 5.97. The molecule has 2 aliphatic rings. The molecule has 172 valence electrons. The van der Waals surface area contributed by atoms with Gasteiger partial charge in [-0.15, -0.1) is 0 Å². The molecule has 2 atom stereocenters. The van der Waals surface area contributed by atoms with Gasteiger partial charge in [0.05, 0.1) is 26.8 Å². The van der Waals surface area contributed by atoms with Crippen LogP contribution in [0.15, 0.2) is 42.5 Å². The molecule has 2 amide bonds. The van der Waals surface area contributed by atoms with E-state index in [2.05, 4.69) is 18.0 Å². The largest absolute Gasteiger partial charge is 0.493 e. The topological polar surface area (TPSA) is 74.9 Å². The molecule has 0 saturated carbocycles. The van der Waals surface area contributed by atoms with Crippen molar-refractivity contribution in [2.75, 3.05) is 27.3 Å². The number of rotatable bonds is 6. The van der Waals surface area contributed by atoms with E-state index in [0.717, 1.165) is 40.6 Å². The minimum atomic E-state index is -0.520. The molecule has 7 heteroatoms. The fourth-order valence-electron chi connectivity index (χ4n) is 5.23. The number of aromatic amines is 1. The van der Waals surface area contributed by atoms with Crippen LogP contribution in [0.3, 0.4) is 0 Å². The van der Waals surface area contributed by atoms with Gasteiger partial charge in [0.1, 0.15) is 6.04 Å². The molecule has 3 aromatic rings. The molecule has 0 unspecified atom stereocenters. The number of carbonyl (C=O) groups excluding carboxylic acids is 2. The maximum Gasteiger partial charge on any atom is 0.246 e. The third-order valence-electron chi connectivity index (χ3n) is 6.85. The van der Waals surface area contributed by atoms with Crippen LogP contribution >= 0.6 is 0 Å². The van der Waals surface area contributed by atoms with E-state index in [1.54, 1.807) is 24.0 Å². The number of H-pyrrole nitrogens is 1. The zero-order chi connectivity index (χ0) is 23.1. The third kappa shape index (κ3) is 3.43. The van der Waals surface area contributed by atoms with Crippen LogP contribution in [-0.2, 0) is 16.0 Å². The predicted molar refractivity (Wildman–Crippen MR) is 126 cm³/mol. The van der Waals surface area contributed by atoms with E-state index in [1.807, 2.05) is 36.4 Å². The lowest BCUT2D eigenvalue weighted by Gasteiger charge is -2.47. The van der Waals surface area contributed by atoms with Gasteiger partial charge in [0.2, 0.25) is 11.8 Å². The summed E-state index contributed by atoms with van der Waals surface area (Å²) >= 11 is 0. The highest BCUT2D eigenvalue weighted by atomic mass is 16.5. The first kappa shape index (κ1) is 21.4. The fraction of sp³-hybridized carbons (Fsp3) is 0.385. The molecule has 0 spiro atoms. The van der Waals surface area contributed by atoms with Crippen LogP contribution < -0.4 is 9.47 Å². The molecule has 7 nitrogen and oxygen atoms in total. The first-order valence-electron chi connectivity index (χ1n) is 11.5. The van der Waals surface area contributed by atoms with Gasteiger partial charge >= 0.3 is 0 Å². The number of carbonyl (C=O) groups is 2. The fourth-order valence-corrected chi connectivity index (χ4v) is 5.23. The number of hydrogen-bond donors (Lipinski definition) is 1. The maximum absolute atomic E-state index is 13.6. The van der Waals surface area contributed by atoms with Crippen molar-refractivity contribution in [2.24, 2.45) is 0 Å². The van der Waals surface area contributed by atoms with Crippen molar-refractivity contribution in [3.8, 4) is 11.5 Å². The maximum atomic E-state index is 13.6. The summed E-state index contributed by atoms with van der Waals surface area (Å²) < 4.78 is 11.0. The highest BCUT2D eigenvalue weighted by Crippen LogP contribution is 2.44. The monoisotopic (exact) mass is 447 g/mol. The summed E-state index contributed by atoms with van der Waals surface area (Å²) in [4.78, 5) is 34.1. The summed E-state index contributed by atoms with van der Waals surface area (Å²) in [5.74, 6) is 1.22. The zero-order valence-corrected chi connectivity index (χ0v) is 19.3. The summed E-state index contributed by atoms with van der Waals surface area (Å²) in [6, 6.07) is 12.9. The normalized spacial score (nSPS) is 20.1. The summed E-state index contributed by atoms with van der Waals surface area (Å²) in [7, 11) is 3.20. The number of benzene rings is 2. The summed E-state index contributed by atoms with van der Waals surface area (Å²) in [5.41, 5.74) is 3.96. The van der Waals surface area contributed by atoms with Gasteiger partial charge in [-0.25, -0.2) is 0 Å². The van der Waals surface area contributed by atoms with E-state index in [0.29, 0.717) is 24.5 Å². The molecule has 2 aromatic carbocycles. The van der Waals surface area contributed by atoms with Crippen LogP contribution in [0, 0.1) is 0 Å². The number of nitrogens with zero attached hydrogens (tertiary/aromatic N) is 2. The number of unbranched alkanes of at least 4 members (excludes halogenated alkanes) is 1. The molecule has 0 bridgehead atoms. The number of nitrogens with one attached hydrogen (secondary N) is 1. The van der Waals surface area contributed by atoms with Crippen molar-refractivity contribution in [1.82, 2.24) is 14.8 Å². The van der Waals surface area contributed by atoms with Gasteiger partial charge in [-0.1, -0.05) is 37.6 Å². The van der Waals surface area contributed by atoms with E-state index in [1.165, 1.54) is 0 Å². The van der Waals surface area contributed by atoms with Crippen molar-refractivity contribution in [2.45, 2.75) is 38.3 Å². The second-order valence-corrected chi connectivity index (χ2v) is 8.71. The first-order valence-corrected chi connectivity index (χ1v) is 11.5. The van der Waals surface area contributed by atoms with Crippen LogP contribution in [0.2, 0.25) is 0 Å². The minimum absolute atomic E-state index is 0.0280. The Morgan fingerprint density at radius 3 is 2.61 bits per heavy atom. The predicted octanol–water partition coefficient (Wildman–Crippen LogP) is 3.67. The van der Waals surface area contributed by atoms with Crippen molar-refractivity contribution in [3.05, 3.63) is 59.3 Å². The molecule has 33 heavy (non-hydrogen) atoms. The Labute approximate surface area is 193 Å². The van der Waals surface area contributed by atoms with Crippen LogP contribution in [0.5, 0.6) is 11.5 Å². The molecule has 5 rings (SSSR count). The van der Waals surface area contributed by atoms with Crippen LogP contribution in [-0.4, -0.2) is 59.9 Å². The SMILES string of the molecule is CCCCN1CC(=O)N2[C@H](c3ccc(OC)c(OC)c3)c3[nH]c4ccccc4c3C[C@H]2C1=O. The molecular weight excluding hydrogens is 418 g/mol. The smallest absolute Gasteiger partial charge is 0.246 e. The van der Waals surface area contributed by atoms with Crippen molar-refractivity contribution >= 4 is 22.7 Å². The molecule has 0 aliphatic carbocycles. The van der Waals surface area contributed by atoms with E-state index >= 15 is 0 Å². The standard InChI is InChI=1S/C26H29N3O4/c1-4-5-12-28-15-23(30)29-20(26(28)31)14-18-17-8-6-7-9-19(17)27-24(18)25(29)16-10-11-21(32-2)22(13-16)33-3/h6-11,13,20,25,27H,4-5,12,14-15H2,1-3H3/t20-,25+/m0/s1. The number of para-hydroxylation sites is 1. The lowest BCUT2D eigenvalue weighted by Crippen LogP contribution is -2.63. The number of aromatic nitrogens is 1. The van der Waals surface area contributed by atoms with E-state index in [-0.39, 0.29) is 18.4 Å². The average Bonchev–Trinajstić information content (AvgIpc) is 3.22. The van der Waals surface area contributed by atoms with Crippen molar-refractivity contribution in [1.29, 1.82) is 0 Å². The van der Waals surface area contributed by atoms with Gasteiger partial charge in [0.25, 0.3) is 0 Å². The highest BCUT2D eigenvalue weighted by Gasteiger charge is 2.48. The lowest BCUT2D eigenvalue weighted by atomic mass is 9.86. The van der Waals surface area contributed by atoms with E-state index in [9.17, 15) is 9.59 Å². The Balaban J connectivity index is 1.67. The molecule has 0 radical (unpaired) electrons. The van der Waals surface area contributed by atoms with Crippen LogP contribution in [0.25, 0.3) is 10.9 Å². The van der Waals surface area contributed by atoms with E-state index < -0.39 is 12.1 Å². The number of hydrogen-bond acceptors (Lipinski definition) is 4. The Bertz CT molecular complexity index is 1220. The molecule has 2 aliphatic heterocycles. The van der Waals surface area contributed by atoms with Gasteiger partial charge in [-0.3, -0.25) is 9.59 Å². The zero-order valence-electron chi connectivity index (χ0n) is 19.3. The van der Waals surface area contributed by atoms with Gasteiger partial charge in [0, 0.05) is 29.6 Å². The van der Waals surface area contributed by atoms with Gasteiger partial charge in [-0.2, -0.15) is 0 Å². The minimum Gasteiger partial charge on any atom is -0.493 e. The van der Waals surface area contributed by atoms with Crippen LogP contribution in [0.1, 0.15) is 42.6 Å². The number of ether oxygens (including phenoxy) is 2. The van der Waals surface area contributed by atoms with Crippen LogP contribution in [0.4, 0.5) is 0 Å². The lowest BCUT2D eigenvalue weighted by molar-refractivity contribution is -0.158. The quantitative estimate of drug-likeness (QED) is 0.626. The summed E-state index contributed by atoms with van der Waals surface area (Å²) in [6.45, 7) is 2.83. The van der Waals surface area contributed by atoms with Gasteiger partial charge in [-0.05, 0) is 35.7 Å². The molecule has 1 saturated heterocycles. The molecule has 1 fully saturated rings. The average molecular weight is 448 g/mol. The first-order chi connectivity index (χ1) is 16.1. The second-order valence-electron chi connectivity index (χ2n) is 8.71. The molecule has 1 aromatic heterocycles. The summed E-state index contributed by atoms with van der Waals surface area (Å²) in [6.07, 6.45) is 2.38. The number of methoxy groups -OCH3 is 2.